The summed E-state index contributed by atoms with van der Waals surface area (Å²) in [5.41, 5.74) is 0. The van der Waals surface area contributed by atoms with E-state index in [1.54, 1.807) is 11.9 Å². The number of rotatable bonds is 7. The van der Waals surface area contributed by atoms with E-state index >= 15 is 0 Å². The molecule has 110 valence electrons. The number of likely N-dealkylation sites (N-methyl/N-ethyl adjacent to an activating group) is 1. The largest absolute Gasteiger partial charge is 0.481 e. The van der Waals surface area contributed by atoms with Crippen molar-refractivity contribution < 1.29 is 14.7 Å². The number of carboxylic acids is 1. The Balaban J connectivity index is 2.21. The highest BCUT2D eigenvalue weighted by Gasteiger charge is 2.18. The molecule has 0 aromatic rings. The second kappa shape index (κ2) is 7.99. The normalized spacial score (nSPS) is 17.2. The minimum atomic E-state index is -0.859. The first-order valence-electron chi connectivity index (χ1n) is 6.98. The second-order valence-electron chi connectivity index (χ2n) is 5.10. The van der Waals surface area contributed by atoms with Crippen LogP contribution in [0.4, 0.5) is 4.79 Å². The molecule has 6 heteroatoms. The molecule has 0 aliphatic carbocycles. The molecule has 2 N–H and O–H groups in total. The third-order valence-electron chi connectivity index (χ3n) is 3.64. The van der Waals surface area contributed by atoms with Gasteiger partial charge in [-0.2, -0.15) is 0 Å². The summed E-state index contributed by atoms with van der Waals surface area (Å²) in [6.45, 7) is 5.80. The molecule has 0 bridgehead atoms. The van der Waals surface area contributed by atoms with Gasteiger partial charge in [0, 0.05) is 26.7 Å². The Kier molecular flexibility index (Phi) is 6.62. The van der Waals surface area contributed by atoms with Crippen molar-refractivity contribution in [2.75, 3.05) is 39.8 Å². The Bertz CT molecular complexity index is 304. The fourth-order valence-electron chi connectivity index (χ4n) is 2.15. The van der Waals surface area contributed by atoms with E-state index in [1.807, 2.05) is 6.92 Å². The number of carbonyl (C=O) groups is 2. The Labute approximate surface area is 114 Å². The van der Waals surface area contributed by atoms with Crippen LogP contribution >= 0.6 is 0 Å². The van der Waals surface area contributed by atoms with E-state index in [-0.39, 0.29) is 12.6 Å². The van der Waals surface area contributed by atoms with Crippen LogP contribution in [0.2, 0.25) is 0 Å². The summed E-state index contributed by atoms with van der Waals surface area (Å²) >= 11 is 0. The van der Waals surface area contributed by atoms with Crippen LogP contribution < -0.4 is 5.32 Å². The summed E-state index contributed by atoms with van der Waals surface area (Å²) in [6.07, 6.45) is 3.01. The minimum absolute atomic E-state index is 0.193. The molecule has 0 radical (unpaired) electrons. The fourth-order valence-corrected chi connectivity index (χ4v) is 2.15. The molecule has 1 rings (SSSR count). The second-order valence-corrected chi connectivity index (χ2v) is 5.10. The lowest BCUT2D eigenvalue weighted by Crippen LogP contribution is -2.43. The zero-order valence-corrected chi connectivity index (χ0v) is 11.9. The molecule has 1 fully saturated rings. The number of likely N-dealkylation sites (tertiary alicyclic amines) is 1. The number of nitrogens with zero attached hydrogens (tertiary/aromatic N) is 2. The standard InChI is InChI=1S/C13H25N3O3/c1-3-11(12(17)18)10-14-13(19)15(2)8-9-16-6-4-5-7-16/h11H,3-10H2,1-2H3,(H,14,19)(H,17,18). The number of aliphatic carboxylic acids is 1. The van der Waals surface area contributed by atoms with Crippen molar-refractivity contribution in [2.45, 2.75) is 26.2 Å². The average Bonchev–Trinajstić information content (AvgIpc) is 2.89. The summed E-state index contributed by atoms with van der Waals surface area (Å²) in [5, 5.41) is 11.6. The van der Waals surface area contributed by atoms with Gasteiger partial charge >= 0.3 is 12.0 Å². The Morgan fingerprint density at radius 1 is 1.37 bits per heavy atom. The molecular formula is C13H25N3O3. The van der Waals surface area contributed by atoms with E-state index in [1.165, 1.54) is 12.8 Å². The topological polar surface area (TPSA) is 72.9 Å². The van der Waals surface area contributed by atoms with Crippen LogP contribution in [-0.2, 0) is 4.79 Å². The van der Waals surface area contributed by atoms with Crippen molar-refractivity contribution in [3.8, 4) is 0 Å². The van der Waals surface area contributed by atoms with Crippen molar-refractivity contribution in [3.05, 3.63) is 0 Å². The number of amides is 2. The van der Waals surface area contributed by atoms with Gasteiger partial charge in [-0.05, 0) is 32.4 Å². The van der Waals surface area contributed by atoms with Crippen molar-refractivity contribution in [2.24, 2.45) is 5.92 Å². The number of carboxylic acid groups (broad SMARTS) is 1. The monoisotopic (exact) mass is 271 g/mol. The number of hydrogen-bond donors (Lipinski definition) is 2. The molecule has 1 heterocycles. The van der Waals surface area contributed by atoms with E-state index in [2.05, 4.69) is 10.2 Å². The molecule has 1 aliphatic rings. The van der Waals surface area contributed by atoms with Crippen molar-refractivity contribution in [1.29, 1.82) is 0 Å². The van der Waals surface area contributed by atoms with Gasteiger partial charge in [0.05, 0.1) is 5.92 Å². The SMILES string of the molecule is CCC(CNC(=O)N(C)CCN1CCCC1)C(=O)O. The van der Waals surface area contributed by atoms with Gasteiger partial charge in [0.1, 0.15) is 0 Å². The summed E-state index contributed by atoms with van der Waals surface area (Å²) in [4.78, 5) is 26.6. The van der Waals surface area contributed by atoms with E-state index in [4.69, 9.17) is 5.11 Å². The molecule has 6 nitrogen and oxygen atoms in total. The van der Waals surface area contributed by atoms with Gasteiger partial charge in [-0.1, -0.05) is 6.92 Å². The van der Waals surface area contributed by atoms with Gasteiger partial charge in [-0.15, -0.1) is 0 Å². The Morgan fingerprint density at radius 2 is 2.00 bits per heavy atom. The lowest BCUT2D eigenvalue weighted by molar-refractivity contribution is -0.141. The van der Waals surface area contributed by atoms with Crippen molar-refractivity contribution in [1.82, 2.24) is 15.1 Å². The van der Waals surface area contributed by atoms with Crippen LogP contribution in [0.1, 0.15) is 26.2 Å². The maximum atomic E-state index is 11.8. The average molecular weight is 271 g/mol. The summed E-state index contributed by atoms with van der Waals surface area (Å²) in [7, 11) is 1.74. The highest BCUT2D eigenvalue weighted by Crippen LogP contribution is 2.06. The lowest BCUT2D eigenvalue weighted by Gasteiger charge is -2.22. The van der Waals surface area contributed by atoms with Crippen molar-refractivity contribution >= 4 is 12.0 Å². The molecular weight excluding hydrogens is 246 g/mol. The molecule has 0 saturated carbocycles. The number of hydrogen-bond acceptors (Lipinski definition) is 3. The Morgan fingerprint density at radius 3 is 2.53 bits per heavy atom. The highest BCUT2D eigenvalue weighted by molar-refractivity contribution is 5.75. The number of urea groups is 1. The molecule has 1 atom stereocenters. The number of carbonyl (C=O) groups excluding carboxylic acids is 1. The van der Waals surface area contributed by atoms with E-state index in [0.29, 0.717) is 13.0 Å². The lowest BCUT2D eigenvalue weighted by atomic mass is 10.1. The van der Waals surface area contributed by atoms with E-state index < -0.39 is 11.9 Å². The fraction of sp³-hybridized carbons (Fsp3) is 0.846. The van der Waals surface area contributed by atoms with Gasteiger partial charge in [0.25, 0.3) is 0 Å². The van der Waals surface area contributed by atoms with Gasteiger partial charge < -0.3 is 20.2 Å². The predicted octanol–water partition coefficient (Wildman–Crippen LogP) is 0.834. The summed E-state index contributed by atoms with van der Waals surface area (Å²) in [5.74, 6) is -1.36. The Hall–Kier alpha value is -1.30. The molecule has 0 aromatic heterocycles. The zero-order chi connectivity index (χ0) is 14.3. The molecule has 1 saturated heterocycles. The predicted molar refractivity (Wildman–Crippen MR) is 73.1 cm³/mol. The summed E-state index contributed by atoms with van der Waals surface area (Å²) < 4.78 is 0. The maximum Gasteiger partial charge on any atom is 0.317 e. The van der Waals surface area contributed by atoms with Gasteiger partial charge in [-0.3, -0.25) is 4.79 Å². The maximum absolute atomic E-state index is 11.8. The molecule has 0 aromatic carbocycles. The third-order valence-corrected chi connectivity index (χ3v) is 3.64. The van der Waals surface area contributed by atoms with Crippen LogP contribution in [0.25, 0.3) is 0 Å². The smallest absolute Gasteiger partial charge is 0.317 e. The first-order chi connectivity index (χ1) is 9.04. The zero-order valence-electron chi connectivity index (χ0n) is 11.9. The molecule has 1 aliphatic heterocycles. The van der Waals surface area contributed by atoms with Crippen LogP contribution in [0, 0.1) is 5.92 Å². The van der Waals surface area contributed by atoms with E-state index in [0.717, 1.165) is 19.6 Å². The van der Waals surface area contributed by atoms with Crippen LogP contribution in [0.3, 0.4) is 0 Å². The first-order valence-corrected chi connectivity index (χ1v) is 6.98. The van der Waals surface area contributed by atoms with E-state index in [9.17, 15) is 9.59 Å². The van der Waals surface area contributed by atoms with Crippen LogP contribution in [0.5, 0.6) is 0 Å². The molecule has 1 unspecified atom stereocenters. The van der Waals surface area contributed by atoms with Crippen LogP contribution in [0.15, 0.2) is 0 Å². The minimum Gasteiger partial charge on any atom is -0.481 e. The quantitative estimate of drug-likeness (QED) is 0.719. The highest BCUT2D eigenvalue weighted by atomic mass is 16.4. The molecule has 19 heavy (non-hydrogen) atoms. The first kappa shape index (κ1) is 15.8. The number of nitrogens with one attached hydrogen (secondary N) is 1. The van der Waals surface area contributed by atoms with Gasteiger partial charge in [0.2, 0.25) is 0 Å². The summed E-state index contributed by atoms with van der Waals surface area (Å²) in [6, 6.07) is -0.195. The molecule has 2 amide bonds. The van der Waals surface area contributed by atoms with Gasteiger partial charge in [0.15, 0.2) is 0 Å². The van der Waals surface area contributed by atoms with Gasteiger partial charge in [-0.25, -0.2) is 4.79 Å². The van der Waals surface area contributed by atoms with Crippen LogP contribution in [-0.4, -0.2) is 66.7 Å². The van der Waals surface area contributed by atoms with Crippen molar-refractivity contribution in [3.63, 3.8) is 0 Å². The third kappa shape index (κ3) is 5.46. The molecule has 0 spiro atoms.